The molecule has 146 valence electrons. The molecule has 7 heteroatoms. The summed E-state index contributed by atoms with van der Waals surface area (Å²) in [6, 6.07) is 14.1. The van der Waals surface area contributed by atoms with Gasteiger partial charge in [-0.15, -0.1) is 0 Å². The predicted molar refractivity (Wildman–Crippen MR) is 105 cm³/mol. The lowest BCUT2D eigenvalue weighted by Gasteiger charge is -2.34. The van der Waals surface area contributed by atoms with Crippen molar-refractivity contribution in [3.8, 4) is 0 Å². The minimum atomic E-state index is -0.511. The van der Waals surface area contributed by atoms with Crippen molar-refractivity contribution < 1.29 is 19.1 Å². The molecule has 0 fully saturated rings. The summed E-state index contributed by atoms with van der Waals surface area (Å²) in [5, 5.41) is 5.35. The van der Waals surface area contributed by atoms with Crippen molar-refractivity contribution in [2.45, 2.75) is 19.0 Å². The second-order valence-electron chi connectivity index (χ2n) is 6.62. The molecule has 0 unspecified atom stereocenters. The maximum atomic E-state index is 12.6. The zero-order valence-electron chi connectivity index (χ0n) is 15.9. The highest BCUT2D eigenvalue weighted by Crippen LogP contribution is 2.24. The van der Waals surface area contributed by atoms with E-state index in [1.807, 2.05) is 29.2 Å². The molecular weight excluding hydrogens is 358 g/mol. The molecule has 0 aliphatic carbocycles. The minimum Gasteiger partial charge on any atom is -0.468 e. The van der Waals surface area contributed by atoms with Crippen molar-refractivity contribution in [1.29, 1.82) is 0 Å². The number of esters is 1. The summed E-state index contributed by atoms with van der Waals surface area (Å²) >= 11 is 0. The summed E-state index contributed by atoms with van der Waals surface area (Å²) in [4.78, 5) is 38.4. The van der Waals surface area contributed by atoms with Crippen LogP contribution in [0.15, 0.2) is 48.5 Å². The number of anilines is 1. The normalized spacial score (nSPS) is 16.0. The first-order chi connectivity index (χ1) is 13.5. The van der Waals surface area contributed by atoms with Crippen LogP contribution in [0.2, 0.25) is 0 Å². The van der Waals surface area contributed by atoms with Crippen molar-refractivity contribution in [2.75, 3.05) is 26.0 Å². The lowest BCUT2D eigenvalue weighted by Crippen LogP contribution is -2.49. The van der Waals surface area contributed by atoms with Crippen molar-refractivity contribution in [3.63, 3.8) is 0 Å². The SMILES string of the molecule is CNC(=O)c1cccc(NC(=O)CN2Cc3ccccc3C[C@@H]2C(=O)OC)c1. The van der Waals surface area contributed by atoms with Gasteiger partial charge < -0.3 is 15.4 Å². The Hall–Kier alpha value is -3.19. The Morgan fingerprint density at radius 2 is 1.86 bits per heavy atom. The van der Waals surface area contributed by atoms with E-state index in [0.717, 1.165) is 11.1 Å². The topological polar surface area (TPSA) is 87.7 Å². The minimum absolute atomic E-state index is 0.0400. The van der Waals surface area contributed by atoms with E-state index in [1.165, 1.54) is 7.11 Å². The van der Waals surface area contributed by atoms with E-state index in [-0.39, 0.29) is 24.3 Å². The van der Waals surface area contributed by atoms with Crippen LogP contribution in [0.4, 0.5) is 5.69 Å². The molecule has 2 amide bonds. The molecule has 2 aromatic rings. The Morgan fingerprint density at radius 3 is 2.57 bits per heavy atom. The number of carbonyl (C=O) groups excluding carboxylic acids is 3. The maximum absolute atomic E-state index is 12.6. The fourth-order valence-corrected chi connectivity index (χ4v) is 3.38. The third-order valence-corrected chi connectivity index (χ3v) is 4.80. The molecule has 1 heterocycles. The smallest absolute Gasteiger partial charge is 0.323 e. The van der Waals surface area contributed by atoms with E-state index < -0.39 is 6.04 Å². The van der Waals surface area contributed by atoms with E-state index >= 15 is 0 Å². The Balaban J connectivity index is 1.73. The number of hydrogen-bond donors (Lipinski definition) is 2. The van der Waals surface area contributed by atoms with Gasteiger partial charge >= 0.3 is 5.97 Å². The van der Waals surface area contributed by atoms with Gasteiger partial charge in [0.15, 0.2) is 0 Å². The molecule has 0 bridgehead atoms. The van der Waals surface area contributed by atoms with Gasteiger partial charge in [-0.3, -0.25) is 19.3 Å². The molecule has 7 nitrogen and oxygen atoms in total. The van der Waals surface area contributed by atoms with Crippen LogP contribution in [0, 0.1) is 0 Å². The number of amides is 2. The molecule has 3 rings (SSSR count). The van der Waals surface area contributed by atoms with Crippen molar-refractivity contribution >= 4 is 23.5 Å². The molecule has 1 aliphatic rings. The lowest BCUT2D eigenvalue weighted by atomic mass is 9.94. The van der Waals surface area contributed by atoms with Crippen LogP contribution in [0.1, 0.15) is 21.5 Å². The highest BCUT2D eigenvalue weighted by Gasteiger charge is 2.33. The maximum Gasteiger partial charge on any atom is 0.323 e. The van der Waals surface area contributed by atoms with E-state index in [9.17, 15) is 14.4 Å². The Kier molecular flexibility index (Phi) is 6.06. The van der Waals surface area contributed by atoms with Gasteiger partial charge in [0.2, 0.25) is 5.91 Å². The number of benzene rings is 2. The number of ether oxygens (including phenoxy) is 1. The molecule has 0 aromatic heterocycles. The largest absolute Gasteiger partial charge is 0.468 e. The molecule has 0 radical (unpaired) electrons. The van der Waals surface area contributed by atoms with Gasteiger partial charge in [-0.25, -0.2) is 0 Å². The molecule has 2 N–H and O–H groups in total. The van der Waals surface area contributed by atoms with Crippen LogP contribution < -0.4 is 10.6 Å². The molecule has 1 aliphatic heterocycles. The van der Waals surface area contributed by atoms with Crippen LogP contribution in [0.3, 0.4) is 0 Å². The second-order valence-corrected chi connectivity index (χ2v) is 6.62. The van der Waals surface area contributed by atoms with Crippen LogP contribution in [0.25, 0.3) is 0 Å². The molecule has 0 saturated carbocycles. The summed E-state index contributed by atoms with van der Waals surface area (Å²) in [5.74, 6) is -0.847. The van der Waals surface area contributed by atoms with Gasteiger partial charge in [0.25, 0.3) is 5.91 Å². The summed E-state index contributed by atoms with van der Waals surface area (Å²) in [6.07, 6.45) is 0.502. The van der Waals surface area contributed by atoms with Gasteiger partial charge in [0.1, 0.15) is 6.04 Å². The average molecular weight is 381 g/mol. The van der Waals surface area contributed by atoms with E-state index in [0.29, 0.717) is 24.2 Å². The highest BCUT2D eigenvalue weighted by molar-refractivity contribution is 5.97. The number of carbonyl (C=O) groups is 3. The lowest BCUT2D eigenvalue weighted by molar-refractivity contribution is -0.148. The number of nitrogens with zero attached hydrogens (tertiary/aromatic N) is 1. The highest BCUT2D eigenvalue weighted by atomic mass is 16.5. The first-order valence-electron chi connectivity index (χ1n) is 9.02. The quantitative estimate of drug-likeness (QED) is 0.768. The van der Waals surface area contributed by atoms with Crippen molar-refractivity contribution in [3.05, 3.63) is 65.2 Å². The van der Waals surface area contributed by atoms with Crippen molar-refractivity contribution in [1.82, 2.24) is 10.2 Å². The summed E-state index contributed by atoms with van der Waals surface area (Å²) in [7, 11) is 2.90. The molecule has 0 saturated heterocycles. The number of methoxy groups -OCH3 is 1. The number of rotatable bonds is 5. The number of nitrogens with one attached hydrogen (secondary N) is 2. The van der Waals surface area contributed by atoms with E-state index in [2.05, 4.69) is 10.6 Å². The van der Waals surface area contributed by atoms with E-state index in [4.69, 9.17) is 4.74 Å². The van der Waals surface area contributed by atoms with Crippen LogP contribution in [0.5, 0.6) is 0 Å². The Morgan fingerprint density at radius 1 is 1.11 bits per heavy atom. The predicted octanol–water partition coefficient (Wildman–Crippen LogP) is 1.58. The van der Waals surface area contributed by atoms with Crippen LogP contribution in [-0.2, 0) is 27.3 Å². The summed E-state index contributed by atoms with van der Waals surface area (Å²) < 4.78 is 4.93. The molecule has 1 atom stereocenters. The van der Waals surface area contributed by atoms with Gasteiger partial charge in [-0.2, -0.15) is 0 Å². The van der Waals surface area contributed by atoms with Gasteiger partial charge in [0, 0.05) is 24.8 Å². The number of fused-ring (bicyclic) bond motifs is 1. The van der Waals surface area contributed by atoms with Crippen molar-refractivity contribution in [2.24, 2.45) is 0 Å². The molecular formula is C21H23N3O4. The second kappa shape index (κ2) is 8.67. The van der Waals surface area contributed by atoms with E-state index in [1.54, 1.807) is 31.3 Å². The van der Waals surface area contributed by atoms with Crippen LogP contribution in [-0.4, -0.2) is 49.4 Å². The third-order valence-electron chi connectivity index (χ3n) is 4.80. The average Bonchev–Trinajstić information content (AvgIpc) is 2.72. The zero-order chi connectivity index (χ0) is 20.1. The van der Waals surface area contributed by atoms with Gasteiger partial charge in [-0.1, -0.05) is 30.3 Å². The standard InChI is InChI=1S/C21H23N3O4/c1-22-20(26)15-8-5-9-17(10-15)23-19(25)13-24-12-16-7-4-3-6-14(16)11-18(24)21(27)28-2/h3-10,18H,11-13H2,1-2H3,(H,22,26)(H,23,25)/t18-/m1/s1. The van der Waals surface area contributed by atoms with Crippen LogP contribution >= 0.6 is 0 Å². The molecule has 28 heavy (non-hydrogen) atoms. The monoisotopic (exact) mass is 381 g/mol. The Bertz CT molecular complexity index is 897. The molecule has 2 aromatic carbocycles. The molecule has 0 spiro atoms. The fourth-order valence-electron chi connectivity index (χ4n) is 3.38. The first kappa shape index (κ1) is 19.6. The third kappa shape index (κ3) is 4.37. The fraction of sp³-hybridized carbons (Fsp3) is 0.286. The summed E-state index contributed by atoms with van der Waals surface area (Å²) in [5.41, 5.74) is 3.17. The number of hydrogen-bond acceptors (Lipinski definition) is 5. The summed E-state index contributed by atoms with van der Waals surface area (Å²) in [6.45, 7) is 0.528. The Labute approximate surface area is 163 Å². The first-order valence-corrected chi connectivity index (χ1v) is 9.02. The zero-order valence-corrected chi connectivity index (χ0v) is 15.9. The van der Waals surface area contributed by atoms with Gasteiger partial charge in [-0.05, 0) is 35.7 Å². The van der Waals surface area contributed by atoms with Gasteiger partial charge in [0.05, 0.1) is 13.7 Å².